The Balaban J connectivity index is 2.01. The lowest BCUT2D eigenvalue weighted by Crippen LogP contribution is -2.33. The molecule has 2 rings (SSSR count). The maximum absolute atomic E-state index is 12.0. The molecular formula is C13H19BrN4O2. The number of rotatable bonds is 5. The van der Waals surface area contributed by atoms with Gasteiger partial charge in [-0.3, -0.25) is 9.59 Å². The molecule has 0 aromatic carbocycles. The summed E-state index contributed by atoms with van der Waals surface area (Å²) in [5.74, 6) is 0.0622. The summed E-state index contributed by atoms with van der Waals surface area (Å²) in [6.07, 6.45) is 4.58. The zero-order valence-corrected chi connectivity index (χ0v) is 13.1. The van der Waals surface area contributed by atoms with E-state index in [2.05, 4.69) is 26.3 Å². The van der Waals surface area contributed by atoms with Gasteiger partial charge in [-0.1, -0.05) is 6.92 Å². The monoisotopic (exact) mass is 342 g/mol. The number of nitrogens with zero attached hydrogens (tertiary/aromatic N) is 3. The second kappa shape index (κ2) is 6.88. The van der Waals surface area contributed by atoms with Crippen molar-refractivity contribution in [2.24, 2.45) is 0 Å². The van der Waals surface area contributed by atoms with E-state index >= 15 is 0 Å². The van der Waals surface area contributed by atoms with Crippen molar-refractivity contribution < 1.29 is 4.79 Å². The van der Waals surface area contributed by atoms with E-state index in [1.807, 2.05) is 11.8 Å². The smallest absolute Gasteiger partial charge is 0.283 e. The van der Waals surface area contributed by atoms with Crippen molar-refractivity contribution in [3.8, 4) is 0 Å². The molecule has 0 radical (unpaired) electrons. The van der Waals surface area contributed by atoms with E-state index in [9.17, 15) is 9.59 Å². The maximum Gasteiger partial charge on any atom is 0.283 e. The molecule has 20 heavy (non-hydrogen) atoms. The Morgan fingerprint density at radius 1 is 1.45 bits per heavy atom. The minimum atomic E-state index is -0.175. The van der Waals surface area contributed by atoms with Crippen molar-refractivity contribution in [1.29, 1.82) is 0 Å². The number of aryl methyl sites for hydroxylation is 1. The van der Waals surface area contributed by atoms with Crippen molar-refractivity contribution in [2.75, 3.05) is 25.0 Å². The fourth-order valence-corrected chi connectivity index (χ4v) is 2.66. The van der Waals surface area contributed by atoms with Crippen LogP contribution in [0.4, 0.5) is 5.69 Å². The normalized spacial score (nSPS) is 14.6. The first-order valence-corrected chi connectivity index (χ1v) is 7.70. The maximum atomic E-state index is 12.0. The highest BCUT2D eigenvalue weighted by atomic mass is 79.9. The number of carbonyl (C=O) groups is 1. The molecule has 0 spiro atoms. The Kier molecular flexibility index (Phi) is 5.17. The van der Waals surface area contributed by atoms with Gasteiger partial charge in [0, 0.05) is 19.6 Å². The summed E-state index contributed by atoms with van der Waals surface area (Å²) < 4.78 is 1.84. The molecule has 0 saturated carbocycles. The number of nitrogens with one attached hydrogen (secondary N) is 1. The third-order valence-corrected chi connectivity index (χ3v) is 4.08. The van der Waals surface area contributed by atoms with Gasteiger partial charge in [-0.15, -0.1) is 0 Å². The summed E-state index contributed by atoms with van der Waals surface area (Å²) in [6, 6.07) is 0. The number of aromatic nitrogens is 2. The van der Waals surface area contributed by atoms with Crippen LogP contribution < -0.4 is 10.9 Å². The van der Waals surface area contributed by atoms with Crippen LogP contribution in [0.2, 0.25) is 0 Å². The molecular weight excluding hydrogens is 324 g/mol. The van der Waals surface area contributed by atoms with Crippen LogP contribution in [0.1, 0.15) is 26.2 Å². The van der Waals surface area contributed by atoms with Gasteiger partial charge in [-0.25, -0.2) is 4.68 Å². The lowest BCUT2D eigenvalue weighted by atomic mass is 10.4. The van der Waals surface area contributed by atoms with Gasteiger partial charge in [0.05, 0.1) is 18.4 Å². The summed E-state index contributed by atoms with van der Waals surface area (Å²) in [7, 11) is 0. The predicted octanol–water partition coefficient (Wildman–Crippen LogP) is 1.45. The molecule has 0 aliphatic carbocycles. The average Bonchev–Trinajstić information content (AvgIpc) is 2.97. The lowest BCUT2D eigenvalue weighted by Gasteiger charge is -2.16. The molecule has 7 heteroatoms. The zero-order valence-electron chi connectivity index (χ0n) is 11.6. The minimum absolute atomic E-state index is 0.0622. The molecule has 6 nitrogen and oxygen atoms in total. The van der Waals surface area contributed by atoms with Gasteiger partial charge in [-0.2, -0.15) is 5.10 Å². The molecule has 0 unspecified atom stereocenters. The quantitative estimate of drug-likeness (QED) is 0.879. The van der Waals surface area contributed by atoms with Crippen molar-refractivity contribution in [3.63, 3.8) is 0 Å². The predicted molar refractivity (Wildman–Crippen MR) is 80.8 cm³/mol. The molecule has 0 bridgehead atoms. The van der Waals surface area contributed by atoms with Crippen LogP contribution in [0.5, 0.6) is 0 Å². The van der Waals surface area contributed by atoms with Crippen LogP contribution in [0.15, 0.2) is 15.5 Å². The fraction of sp³-hybridized carbons (Fsp3) is 0.615. The first-order chi connectivity index (χ1) is 9.63. The highest BCUT2D eigenvalue weighted by Crippen LogP contribution is 2.16. The standard InChI is InChI=1S/C13H19BrN4O2/c1-2-5-18-13(20)12(14)10(8-16-18)15-9-11(19)17-6-3-4-7-17/h8,15H,2-7,9H2,1H3. The molecule has 1 aliphatic rings. The molecule has 1 aromatic rings. The molecule has 0 atom stereocenters. The lowest BCUT2D eigenvalue weighted by molar-refractivity contribution is -0.128. The number of carbonyl (C=O) groups excluding carboxylic acids is 1. The van der Waals surface area contributed by atoms with E-state index < -0.39 is 0 Å². The highest BCUT2D eigenvalue weighted by molar-refractivity contribution is 9.10. The van der Waals surface area contributed by atoms with E-state index in [-0.39, 0.29) is 18.0 Å². The molecule has 1 fully saturated rings. The van der Waals surface area contributed by atoms with Crippen molar-refractivity contribution in [1.82, 2.24) is 14.7 Å². The van der Waals surface area contributed by atoms with Gasteiger partial charge in [0.2, 0.25) is 5.91 Å². The second-order valence-electron chi connectivity index (χ2n) is 4.84. The largest absolute Gasteiger partial charge is 0.374 e. The molecule has 2 heterocycles. The molecule has 1 aromatic heterocycles. The first-order valence-electron chi connectivity index (χ1n) is 6.90. The molecule has 110 valence electrons. The third kappa shape index (κ3) is 3.39. The van der Waals surface area contributed by atoms with E-state index in [1.54, 1.807) is 6.20 Å². The van der Waals surface area contributed by atoms with Crippen LogP contribution in [-0.4, -0.2) is 40.2 Å². The summed E-state index contributed by atoms with van der Waals surface area (Å²) in [5, 5.41) is 7.08. The van der Waals surface area contributed by atoms with E-state index in [0.29, 0.717) is 16.7 Å². The third-order valence-electron chi connectivity index (χ3n) is 3.31. The summed E-state index contributed by atoms with van der Waals surface area (Å²) >= 11 is 3.27. The van der Waals surface area contributed by atoms with Gasteiger partial charge in [-0.05, 0) is 35.2 Å². The number of hydrogen-bond acceptors (Lipinski definition) is 4. The number of hydrogen-bond donors (Lipinski definition) is 1. The number of likely N-dealkylation sites (tertiary alicyclic amines) is 1. The average molecular weight is 343 g/mol. The Morgan fingerprint density at radius 2 is 2.15 bits per heavy atom. The Labute approximate surface area is 126 Å². The molecule has 1 aliphatic heterocycles. The molecule has 1 saturated heterocycles. The SMILES string of the molecule is CCCn1ncc(NCC(=O)N2CCCC2)c(Br)c1=O. The van der Waals surface area contributed by atoms with Crippen molar-refractivity contribution in [3.05, 3.63) is 21.0 Å². The number of halogens is 1. The van der Waals surface area contributed by atoms with E-state index in [1.165, 1.54) is 4.68 Å². The Morgan fingerprint density at radius 3 is 2.80 bits per heavy atom. The first kappa shape index (κ1) is 15.0. The highest BCUT2D eigenvalue weighted by Gasteiger charge is 2.18. The molecule has 1 N–H and O–H groups in total. The van der Waals surface area contributed by atoms with Crippen LogP contribution in [0, 0.1) is 0 Å². The van der Waals surface area contributed by atoms with E-state index in [4.69, 9.17) is 0 Å². The summed E-state index contributed by atoms with van der Waals surface area (Å²) in [4.78, 5) is 25.8. The topological polar surface area (TPSA) is 67.2 Å². The van der Waals surface area contributed by atoms with Crippen molar-refractivity contribution >= 4 is 27.5 Å². The Hall–Kier alpha value is -1.37. The van der Waals surface area contributed by atoms with Gasteiger partial charge >= 0.3 is 0 Å². The Bertz CT molecular complexity index is 538. The number of anilines is 1. The van der Waals surface area contributed by atoms with E-state index in [0.717, 1.165) is 32.4 Å². The second-order valence-corrected chi connectivity index (χ2v) is 5.63. The van der Waals surface area contributed by atoms with Crippen LogP contribution in [-0.2, 0) is 11.3 Å². The van der Waals surface area contributed by atoms with Gasteiger partial charge in [0.15, 0.2) is 0 Å². The summed E-state index contributed by atoms with van der Waals surface area (Å²) in [6.45, 7) is 4.43. The minimum Gasteiger partial charge on any atom is -0.374 e. The van der Waals surface area contributed by atoms with Crippen LogP contribution >= 0.6 is 15.9 Å². The van der Waals surface area contributed by atoms with Crippen LogP contribution in [0.25, 0.3) is 0 Å². The van der Waals surface area contributed by atoms with Crippen molar-refractivity contribution in [2.45, 2.75) is 32.7 Å². The zero-order chi connectivity index (χ0) is 14.5. The van der Waals surface area contributed by atoms with Gasteiger partial charge in [0.1, 0.15) is 4.47 Å². The summed E-state index contributed by atoms with van der Waals surface area (Å²) in [5.41, 5.74) is 0.389. The molecule has 1 amide bonds. The van der Waals surface area contributed by atoms with Gasteiger partial charge < -0.3 is 10.2 Å². The number of amides is 1. The fourth-order valence-electron chi connectivity index (χ4n) is 2.21. The van der Waals surface area contributed by atoms with Crippen LogP contribution in [0.3, 0.4) is 0 Å². The van der Waals surface area contributed by atoms with Gasteiger partial charge in [0.25, 0.3) is 5.56 Å².